The van der Waals surface area contributed by atoms with Crippen LogP contribution in [-0.4, -0.2) is 18.1 Å². The maximum absolute atomic E-state index is 14.9. The zero-order chi connectivity index (χ0) is 33.0. The van der Waals surface area contributed by atoms with E-state index in [4.69, 9.17) is 4.74 Å². The van der Waals surface area contributed by atoms with Crippen LogP contribution < -0.4 is 14.4 Å². The Morgan fingerprint density at radius 3 is 1.98 bits per heavy atom. The highest BCUT2D eigenvalue weighted by atomic mass is 19.4. The molecule has 4 aromatic rings. The largest absolute Gasteiger partial charge is 0.573 e. The number of hydrogen-bond acceptors (Lipinski definition) is 4. The van der Waals surface area contributed by atoms with Gasteiger partial charge in [0.1, 0.15) is 23.9 Å². The van der Waals surface area contributed by atoms with E-state index in [2.05, 4.69) is 4.74 Å². The van der Waals surface area contributed by atoms with Crippen LogP contribution in [0.5, 0.6) is 11.5 Å². The number of halogens is 10. The summed E-state index contributed by atoms with van der Waals surface area (Å²) in [5.41, 5.74) is -2.06. The van der Waals surface area contributed by atoms with Gasteiger partial charge in [0.05, 0.1) is 23.8 Å². The first kappa shape index (κ1) is 33.4. The van der Waals surface area contributed by atoms with Crippen molar-refractivity contribution in [3.63, 3.8) is 0 Å². The van der Waals surface area contributed by atoms with E-state index in [1.165, 1.54) is 47.4 Å². The predicted molar refractivity (Wildman–Crippen MR) is 143 cm³/mol. The molecule has 0 aromatic heterocycles. The summed E-state index contributed by atoms with van der Waals surface area (Å²) in [4.78, 5) is 1.30. The summed E-state index contributed by atoms with van der Waals surface area (Å²) in [6.07, 6.45) is -14.5. The van der Waals surface area contributed by atoms with E-state index in [9.17, 15) is 49.0 Å². The fourth-order valence-electron chi connectivity index (χ4n) is 4.47. The first-order valence-electron chi connectivity index (χ1n) is 13.0. The molecule has 1 unspecified atom stereocenters. The molecule has 0 aliphatic carbocycles. The van der Waals surface area contributed by atoms with Crippen molar-refractivity contribution < 1.29 is 58.5 Å². The van der Waals surface area contributed by atoms with Crippen LogP contribution >= 0.6 is 0 Å². The molecule has 0 radical (unpaired) electrons. The third-order valence-electron chi connectivity index (χ3n) is 6.56. The minimum Gasteiger partial charge on any atom is -0.489 e. The van der Waals surface area contributed by atoms with E-state index >= 15 is 0 Å². The lowest BCUT2D eigenvalue weighted by molar-refractivity contribution is -0.274. The standard InChI is InChI=1S/C31H23F10NO3/c32-27-14-23(30(36,37)38)11-10-21(27)16-42(28(17-43)20-5-2-6-22(13-20)29(33,34)35)24-7-3-8-25(15-24)44-18-19-4-1-9-26(12-19)45-31(39,40)41/h1-15,28,43H,16-18H2. The smallest absolute Gasteiger partial charge is 0.489 e. The minimum atomic E-state index is -4.91. The van der Waals surface area contributed by atoms with Crippen molar-refractivity contribution in [2.45, 2.75) is 37.9 Å². The molecule has 0 bridgehead atoms. The second-order valence-corrected chi connectivity index (χ2v) is 9.73. The summed E-state index contributed by atoms with van der Waals surface area (Å²) < 4.78 is 142. The van der Waals surface area contributed by atoms with E-state index < -0.39 is 60.6 Å². The van der Waals surface area contributed by atoms with Crippen LogP contribution in [0.25, 0.3) is 0 Å². The highest BCUT2D eigenvalue weighted by Crippen LogP contribution is 2.36. The van der Waals surface area contributed by atoms with Crippen LogP contribution in [0.15, 0.2) is 91.0 Å². The van der Waals surface area contributed by atoms with Gasteiger partial charge in [-0.2, -0.15) is 26.3 Å². The SMILES string of the molecule is OCC(c1cccc(C(F)(F)F)c1)N(Cc1ccc(C(F)(F)F)cc1F)c1cccc(OCc2cccc(OC(F)(F)F)c2)c1. The summed E-state index contributed by atoms with van der Waals surface area (Å²) in [7, 11) is 0. The van der Waals surface area contributed by atoms with Gasteiger partial charge in [-0.15, -0.1) is 13.2 Å². The summed E-state index contributed by atoms with van der Waals surface area (Å²) in [6, 6.07) is 15.4. The summed E-state index contributed by atoms with van der Waals surface area (Å²) in [5.74, 6) is -1.58. The van der Waals surface area contributed by atoms with E-state index in [1.807, 2.05) is 0 Å². The lowest BCUT2D eigenvalue weighted by atomic mass is 10.0. The Kier molecular flexibility index (Phi) is 9.86. The van der Waals surface area contributed by atoms with Crippen molar-refractivity contribution in [2.24, 2.45) is 0 Å². The van der Waals surface area contributed by atoms with Crippen molar-refractivity contribution in [3.05, 3.63) is 125 Å². The zero-order valence-electron chi connectivity index (χ0n) is 22.8. The van der Waals surface area contributed by atoms with Crippen molar-refractivity contribution in [1.82, 2.24) is 0 Å². The van der Waals surface area contributed by atoms with E-state index in [0.717, 1.165) is 36.4 Å². The molecule has 14 heteroatoms. The van der Waals surface area contributed by atoms with Crippen LogP contribution in [0.1, 0.15) is 33.9 Å². The second-order valence-electron chi connectivity index (χ2n) is 9.73. The average Bonchev–Trinajstić information content (AvgIpc) is 2.95. The summed E-state index contributed by atoms with van der Waals surface area (Å²) in [6.45, 7) is -1.49. The number of alkyl halides is 9. The minimum absolute atomic E-state index is 0.0209. The molecule has 0 spiro atoms. The summed E-state index contributed by atoms with van der Waals surface area (Å²) >= 11 is 0. The fraction of sp³-hybridized carbons (Fsp3) is 0.226. The van der Waals surface area contributed by atoms with E-state index in [-0.39, 0.29) is 29.2 Å². The average molecular weight is 648 g/mol. The number of ether oxygens (including phenoxy) is 2. The lowest BCUT2D eigenvalue weighted by Gasteiger charge is -2.34. The first-order valence-corrected chi connectivity index (χ1v) is 13.0. The molecule has 1 N–H and O–H groups in total. The van der Waals surface area contributed by atoms with Gasteiger partial charge < -0.3 is 19.5 Å². The van der Waals surface area contributed by atoms with Crippen molar-refractivity contribution >= 4 is 5.69 Å². The molecule has 4 rings (SSSR count). The molecule has 1 atom stereocenters. The van der Waals surface area contributed by atoms with Gasteiger partial charge in [0.2, 0.25) is 0 Å². The van der Waals surface area contributed by atoms with Crippen molar-refractivity contribution in [2.75, 3.05) is 11.5 Å². The highest BCUT2D eigenvalue weighted by molar-refractivity contribution is 5.54. The van der Waals surface area contributed by atoms with Gasteiger partial charge in [-0.05, 0) is 59.7 Å². The molecule has 0 heterocycles. The molecule has 0 amide bonds. The number of anilines is 1. The topological polar surface area (TPSA) is 41.9 Å². The Morgan fingerprint density at radius 1 is 0.689 bits per heavy atom. The third kappa shape index (κ3) is 9.03. The van der Waals surface area contributed by atoms with Gasteiger partial charge in [-0.1, -0.05) is 36.4 Å². The predicted octanol–water partition coefficient (Wildman–Crippen LogP) is 9.08. The van der Waals surface area contributed by atoms with Crippen molar-refractivity contribution in [3.8, 4) is 11.5 Å². The molecule has 0 saturated heterocycles. The van der Waals surface area contributed by atoms with Crippen LogP contribution in [0.4, 0.5) is 49.6 Å². The Labute approximate surface area is 250 Å². The van der Waals surface area contributed by atoms with Gasteiger partial charge in [0, 0.05) is 23.9 Å². The van der Waals surface area contributed by atoms with E-state index in [1.54, 1.807) is 0 Å². The molecule has 0 fully saturated rings. The Morgan fingerprint density at radius 2 is 1.33 bits per heavy atom. The molecule has 240 valence electrons. The summed E-state index contributed by atoms with van der Waals surface area (Å²) in [5, 5.41) is 10.3. The van der Waals surface area contributed by atoms with Crippen LogP contribution in [-0.2, 0) is 25.5 Å². The number of nitrogens with zero attached hydrogens (tertiary/aromatic N) is 1. The van der Waals surface area contributed by atoms with Gasteiger partial charge >= 0.3 is 18.7 Å². The highest BCUT2D eigenvalue weighted by Gasteiger charge is 2.34. The molecular weight excluding hydrogens is 624 g/mol. The Balaban J connectivity index is 1.69. The molecule has 4 aromatic carbocycles. The second kappa shape index (κ2) is 13.3. The van der Waals surface area contributed by atoms with Gasteiger partial charge in [-0.25, -0.2) is 4.39 Å². The zero-order valence-corrected chi connectivity index (χ0v) is 22.8. The Hall–Kier alpha value is -4.46. The molecule has 0 saturated carbocycles. The monoisotopic (exact) mass is 647 g/mol. The molecule has 45 heavy (non-hydrogen) atoms. The first-order chi connectivity index (χ1) is 21.0. The molecule has 4 nitrogen and oxygen atoms in total. The molecule has 0 aliphatic rings. The maximum atomic E-state index is 14.9. The number of aliphatic hydroxyl groups excluding tert-OH is 1. The normalized spacial score (nSPS) is 13.0. The van der Waals surface area contributed by atoms with Gasteiger partial charge in [0.15, 0.2) is 0 Å². The van der Waals surface area contributed by atoms with Crippen LogP contribution in [0, 0.1) is 5.82 Å². The number of benzene rings is 4. The van der Waals surface area contributed by atoms with Gasteiger partial charge in [-0.3, -0.25) is 0 Å². The Bertz CT molecular complexity index is 1600. The number of aliphatic hydroxyl groups is 1. The van der Waals surface area contributed by atoms with E-state index in [0.29, 0.717) is 17.7 Å². The number of rotatable bonds is 10. The molecule has 0 aliphatic heterocycles. The number of hydrogen-bond donors (Lipinski definition) is 1. The lowest BCUT2D eigenvalue weighted by Crippen LogP contribution is -2.31. The van der Waals surface area contributed by atoms with Gasteiger partial charge in [0.25, 0.3) is 0 Å². The third-order valence-corrected chi connectivity index (χ3v) is 6.56. The maximum Gasteiger partial charge on any atom is 0.573 e. The fourth-order valence-corrected chi connectivity index (χ4v) is 4.47. The molecular formula is C31H23F10NO3. The van der Waals surface area contributed by atoms with Crippen molar-refractivity contribution in [1.29, 1.82) is 0 Å². The van der Waals surface area contributed by atoms with Crippen LogP contribution in [0.3, 0.4) is 0 Å². The quantitative estimate of drug-likeness (QED) is 0.175. The van der Waals surface area contributed by atoms with Crippen LogP contribution in [0.2, 0.25) is 0 Å².